The molecule has 11 heteroatoms. The van der Waals surface area contributed by atoms with Crippen molar-refractivity contribution in [2.75, 3.05) is 25.6 Å². The van der Waals surface area contributed by atoms with E-state index in [1.54, 1.807) is 30.3 Å². The van der Waals surface area contributed by atoms with Gasteiger partial charge in [-0.05, 0) is 54.5 Å². The second kappa shape index (κ2) is 11.5. The van der Waals surface area contributed by atoms with Crippen LogP contribution in [0, 0.1) is 6.92 Å². The number of methoxy groups -OCH3 is 1. The number of aryl methyl sites for hydroxylation is 1. The van der Waals surface area contributed by atoms with Crippen molar-refractivity contribution >= 4 is 73.8 Å². The highest BCUT2D eigenvalue weighted by Crippen LogP contribution is 2.35. The van der Waals surface area contributed by atoms with Crippen molar-refractivity contribution in [3.63, 3.8) is 0 Å². The van der Waals surface area contributed by atoms with Crippen LogP contribution in [0.25, 0.3) is 6.08 Å². The van der Waals surface area contributed by atoms with E-state index in [1.807, 2.05) is 19.1 Å². The third-order valence-corrected chi connectivity index (χ3v) is 6.98. The average molecular weight is 565 g/mol. The van der Waals surface area contributed by atoms with Gasteiger partial charge >= 0.3 is 5.97 Å². The Morgan fingerprint density at radius 1 is 1.24 bits per heavy atom. The first-order valence-corrected chi connectivity index (χ1v) is 12.0. The van der Waals surface area contributed by atoms with Crippen molar-refractivity contribution < 1.29 is 29.0 Å². The number of benzene rings is 2. The lowest BCUT2D eigenvalue weighted by Crippen LogP contribution is -2.30. The molecule has 0 bridgehead atoms. The third-order valence-electron chi connectivity index (χ3n) is 4.71. The van der Waals surface area contributed by atoms with Crippen LogP contribution in [0.2, 0.25) is 0 Å². The number of anilines is 1. The van der Waals surface area contributed by atoms with E-state index in [-0.39, 0.29) is 31.4 Å². The van der Waals surface area contributed by atoms with Gasteiger partial charge in [-0.15, -0.1) is 0 Å². The number of hydrogen-bond acceptors (Lipinski definition) is 7. The lowest BCUT2D eigenvalue weighted by atomic mass is 10.2. The zero-order valence-corrected chi connectivity index (χ0v) is 21.5. The van der Waals surface area contributed by atoms with Gasteiger partial charge in [-0.25, -0.2) is 0 Å². The fourth-order valence-electron chi connectivity index (χ4n) is 3.01. The summed E-state index contributed by atoms with van der Waals surface area (Å²) in [7, 11) is 1.47. The van der Waals surface area contributed by atoms with Crippen LogP contribution in [0.3, 0.4) is 0 Å². The maximum absolute atomic E-state index is 12.6. The van der Waals surface area contributed by atoms with E-state index < -0.39 is 5.97 Å². The first-order valence-electron chi connectivity index (χ1n) is 10.0. The predicted octanol–water partition coefficient (Wildman–Crippen LogP) is 4.46. The number of nitrogens with one attached hydrogen (secondary N) is 1. The Morgan fingerprint density at radius 3 is 2.68 bits per heavy atom. The van der Waals surface area contributed by atoms with Crippen LogP contribution in [0.5, 0.6) is 11.5 Å². The van der Waals surface area contributed by atoms with E-state index in [1.165, 1.54) is 12.0 Å². The molecule has 0 aromatic heterocycles. The quantitative estimate of drug-likeness (QED) is 0.339. The standard InChI is InChI=1S/C23H21BrN2O6S2/c1-13-9-15(4-5-16(13)24)25-20(27)12-32-17-6-3-14(10-18(17)31-2)11-19-22(30)26(23(33)34-19)8-7-21(28)29/h3-6,9-11H,7-8,12H2,1-2H3,(H,25,27)(H,28,29)/b19-11-. The lowest BCUT2D eigenvalue weighted by molar-refractivity contribution is -0.137. The molecule has 34 heavy (non-hydrogen) atoms. The van der Waals surface area contributed by atoms with Gasteiger partial charge in [-0.3, -0.25) is 19.3 Å². The number of carboxylic acids is 1. The Hall–Kier alpha value is -2.89. The summed E-state index contributed by atoms with van der Waals surface area (Å²) in [6, 6.07) is 10.5. The highest BCUT2D eigenvalue weighted by Gasteiger charge is 2.32. The number of carbonyl (C=O) groups is 3. The van der Waals surface area contributed by atoms with Crippen LogP contribution in [-0.2, 0) is 14.4 Å². The average Bonchev–Trinajstić information content (AvgIpc) is 3.05. The van der Waals surface area contributed by atoms with Gasteiger partial charge in [0.25, 0.3) is 11.8 Å². The number of halogens is 1. The van der Waals surface area contributed by atoms with Crippen molar-refractivity contribution in [2.24, 2.45) is 0 Å². The fourth-order valence-corrected chi connectivity index (χ4v) is 4.56. The zero-order valence-electron chi connectivity index (χ0n) is 18.3. The summed E-state index contributed by atoms with van der Waals surface area (Å²) in [4.78, 5) is 37.3. The minimum atomic E-state index is -1.00. The molecule has 2 N–H and O–H groups in total. The van der Waals surface area contributed by atoms with Gasteiger partial charge in [0.05, 0.1) is 18.4 Å². The van der Waals surface area contributed by atoms with E-state index >= 15 is 0 Å². The van der Waals surface area contributed by atoms with Crippen LogP contribution >= 0.6 is 39.9 Å². The monoisotopic (exact) mass is 564 g/mol. The number of thioether (sulfide) groups is 1. The lowest BCUT2D eigenvalue weighted by Gasteiger charge is -2.12. The summed E-state index contributed by atoms with van der Waals surface area (Å²) in [6.07, 6.45) is 1.46. The number of ether oxygens (including phenoxy) is 2. The Kier molecular flexibility index (Phi) is 8.70. The molecule has 0 radical (unpaired) electrons. The van der Waals surface area contributed by atoms with Gasteiger partial charge < -0.3 is 19.9 Å². The molecule has 8 nitrogen and oxygen atoms in total. The van der Waals surface area contributed by atoms with E-state index in [0.29, 0.717) is 32.0 Å². The number of thiocarbonyl (C=S) groups is 1. The van der Waals surface area contributed by atoms with Crippen molar-refractivity contribution in [3.8, 4) is 11.5 Å². The topological polar surface area (TPSA) is 105 Å². The van der Waals surface area contributed by atoms with Gasteiger partial charge in [0.2, 0.25) is 0 Å². The maximum Gasteiger partial charge on any atom is 0.305 e. The minimum Gasteiger partial charge on any atom is -0.493 e. The summed E-state index contributed by atoms with van der Waals surface area (Å²) >= 11 is 9.73. The molecule has 1 aliphatic rings. The molecule has 1 saturated heterocycles. The molecule has 2 amide bonds. The van der Waals surface area contributed by atoms with Gasteiger partial charge in [-0.2, -0.15) is 0 Å². The SMILES string of the molecule is COc1cc(/C=C2\SC(=S)N(CCC(=O)O)C2=O)ccc1OCC(=O)Nc1ccc(Br)c(C)c1. The van der Waals surface area contributed by atoms with Crippen LogP contribution in [0.4, 0.5) is 5.69 Å². The highest BCUT2D eigenvalue weighted by molar-refractivity contribution is 9.10. The maximum atomic E-state index is 12.6. The number of hydrogen-bond donors (Lipinski definition) is 2. The summed E-state index contributed by atoms with van der Waals surface area (Å²) in [5, 5.41) is 11.6. The van der Waals surface area contributed by atoms with Crippen molar-refractivity contribution in [1.29, 1.82) is 0 Å². The second-order valence-corrected chi connectivity index (χ2v) is 9.72. The minimum absolute atomic E-state index is 0.0231. The number of aliphatic carboxylic acids is 1. The third kappa shape index (κ3) is 6.58. The molecular formula is C23H21BrN2O6S2. The Balaban J connectivity index is 1.65. The predicted molar refractivity (Wildman–Crippen MR) is 138 cm³/mol. The van der Waals surface area contributed by atoms with Gasteiger partial charge in [0, 0.05) is 16.7 Å². The Labute approximate surface area is 214 Å². The number of nitrogens with zero attached hydrogens (tertiary/aromatic N) is 1. The number of amides is 2. The van der Waals surface area contributed by atoms with Gasteiger partial charge in [-0.1, -0.05) is 46.0 Å². The number of carbonyl (C=O) groups excluding carboxylic acids is 2. The summed E-state index contributed by atoms with van der Waals surface area (Å²) in [6.45, 7) is 1.74. The molecule has 1 fully saturated rings. The molecule has 0 spiro atoms. The van der Waals surface area contributed by atoms with Gasteiger partial charge in [0.1, 0.15) is 4.32 Å². The van der Waals surface area contributed by atoms with Gasteiger partial charge in [0.15, 0.2) is 18.1 Å². The van der Waals surface area contributed by atoms with E-state index in [4.69, 9.17) is 26.8 Å². The molecule has 0 atom stereocenters. The van der Waals surface area contributed by atoms with E-state index in [2.05, 4.69) is 21.2 Å². The molecule has 178 valence electrons. The molecule has 0 aliphatic carbocycles. The molecule has 0 saturated carbocycles. The van der Waals surface area contributed by atoms with Crippen LogP contribution in [0.15, 0.2) is 45.8 Å². The molecule has 1 aliphatic heterocycles. The Morgan fingerprint density at radius 2 is 2.00 bits per heavy atom. The molecule has 3 rings (SSSR count). The molecular weight excluding hydrogens is 544 g/mol. The van der Waals surface area contributed by atoms with Crippen LogP contribution in [-0.4, -0.2) is 52.4 Å². The highest BCUT2D eigenvalue weighted by atomic mass is 79.9. The summed E-state index contributed by atoms with van der Waals surface area (Å²) < 4.78 is 12.3. The van der Waals surface area contributed by atoms with Crippen molar-refractivity contribution in [2.45, 2.75) is 13.3 Å². The van der Waals surface area contributed by atoms with Crippen LogP contribution in [0.1, 0.15) is 17.5 Å². The first kappa shape index (κ1) is 25.7. The fraction of sp³-hybridized carbons (Fsp3) is 0.217. The van der Waals surface area contributed by atoms with E-state index in [9.17, 15) is 14.4 Å². The van der Waals surface area contributed by atoms with Crippen molar-refractivity contribution in [1.82, 2.24) is 4.90 Å². The van der Waals surface area contributed by atoms with Crippen molar-refractivity contribution in [3.05, 3.63) is 56.9 Å². The zero-order chi connectivity index (χ0) is 24.8. The Bertz CT molecular complexity index is 1180. The molecule has 0 unspecified atom stereocenters. The second-order valence-electron chi connectivity index (χ2n) is 7.19. The normalized spacial score (nSPS) is 14.4. The van der Waals surface area contributed by atoms with Crippen LogP contribution < -0.4 is 14.8 Å². The number of rotatable bonds is 9. The summed E-state index contributed by atoms with van der Waals surface area (Å²) in [5.41, 5.74) is 2.32. The summed E-state index contributed by atoms with van der Waals surface area (Å²) in [5.74, 6) is -0.898. The largest absolute Gasteiger partial charge is 0.493 e. The smallest absolute Gasteiger partial charge is 0.305 e. The molecule has 2 aromatic rings. The van der Waals surface area contributed by atoms with E-state index in [0.717, 1.165) is 21.8 Å². The number of carboxylic acid groups (broad SMARTS) is 1. The molecule has 2 aromatic carbocycles. The molecule has 1 heterocycles. The first-order chi connectivity index (χ1) is 16.2.